The van der Waals surface area contributed by atoms with Crippen LogP contribution >= 0.6 is 0 Å². The van der Waals surface area contributed by atoms with Gasteiger partial charge in [-0.15, -0.1) is 0 Å². The van der Waals surface area contributed by atoms with Crippen LogP contribution in [-0.2, 0) is 18.6 Å². The predicted molar refractivity (Wildman–Crippen MR) is 95.6 cm³/mol. The van der Waals surface area contributed by atoms with Crippen molar-refractivity contribution in [2.45, 2.75) is 90.6 Å². The minimum absolute atomic E-state index is 0.107. The number of hydrogen-bond donors (Lipinski definition) is 0. The van der Waals surface area contributed by atoms with Gasteiger partial charge in [0, 0.05) is 24.9 Å². The fraction of sp³-hybridized carbons (Fsp3) is 1.00. The van der Waals surface area contributed by atoms with Gasteiger partial charge >= 0.3 is 14.2 Å². The van der Waals surface area contributed by atoms with Crippen molar-refractivity contribution in [3.8, 4) is 0 Å². The maximum Gasteiger partial charge on any atom is 0.463 e. The molecule has 0 amide bonds. The third-order valence-electron chi connectivity index (χ3n) is 4.71. The lowest BCUT2D eigenvalue weighted by atomic mass is 9.54. The Morgan fingerprint density at radius 3 is 2.17 bits per heavy atom. The van der Waals surface area contributed by atoms with Crippen LogP contribution < -0.4 is 0 Å². The lowest BCUT2D eigenvalue weighted by Gasteiger charge is -2.50. The van der Waals surface area contributed by atoms with Crippen molar-refractivity contribution in [3.05, 3.63) is 0 Å². The minimum atomic E-state index is -0.240. The monoisotopic (exact) mass is 324 g/mol. The lowest BCUT2D eigenvalue weighted by Crippen LogP contribution is -2.56. The van der Waals surface area contributed by atoms with Crippen LogP contribution in [0.25, 0.3) is 0 Å². The molecule has 2 saturated heterocycles. The van der Waals surface area contributed by atoms with E-state index in [1.54, 1.807) is 0 Å². The fourth-order valence-corrected chi connectivity index (χ4v) is 4.08. The molecule has 0 saturated carbocycles. The zero-order valence-corrected chi connectivity index (χ0v) is 16.3. The van der Waals surface area contributed by atoms with Crippen LogP contribution in [0.1, 0.15) is 68.2 Å². The average molecular weight is 324 g/mol. The molecule has 0 radical (unpaired) electrons. The Bertz CT molecular complexity index is 405. The van der Waals surface area contributed by atoms with E-state index in [9.17, 15) is 0 Å². The van der Waals surface area contributed by atoms with Gasteiger partial charge in [0.05, 0.1) is 11.2 Å². The second-order valence-electron chi connectivity index (χ2n) is 9.50. The van der Waals surface area contributed by atoms with Crippen LogP contribution in [0.4, 0.5) is 0 Å². The molecule has 0 aromatic heterocycles. The van der Waals surface area contributed by atoms with E-state index in [-0.39, 0.29) is 30.8 Å². The Balaban J connectivity index is 2.09. The van der Waals surface area contributed by atoms with Crippen LogP contribution in [-0.4, -0.2) is 38.7 Å². The first-order valence-electron chi connectivity index (χ1n) is 9.01. The molecular weight excluding hydrogens is 290 g/mol. The van der Waals surface area contributed by atoms with E-state index >= 15 is 0 Å². The number of rotatable bonds is 4. The van der Waals surface area contributed by atoms with E-state index in [0.29, 0.717) is 11.7 Å². The van der Waals surface area contributed by atoms with Gasteiger partial charge in [0.2, 0.25) is 0 Å². The van der Waals surface area contributed by atoms with Gasteiger partial charge in [-0.1, -0.05) is 34.6 Å². The molecule has 6 heteroatoms. The zero-order chi connectivity index (χ0) is 17.5. The average Bonchev–Trinajstić information content (AvgIpc) is 2.35. The van der Waals surface area contributed by atoms with Gasteiger partial charge < -0.3 is 18.6 Å². The summed E-state index contributed by atoms with van der Waals surface area (Å²) in [7, 11) is -0.324. The second kappa shape index (κ2) is 6.70. The standard InChI is InChI=1S/C17H34B2O4/c1-13(2)18-22-16(6,7)12-17(8,23-18)11-15(4,5)19-20-9-14(3)10-21-19/h13-14H,9-12H2,1-8H3. The van der Waals surface area contributed by atoms with E-state index in [1.165, 1.54) is 0 Å². The minimum Gasteiger partial charge on any atom is -0.410 e. The smallest absolute Gasteiger partial charge is 0.410 e. The van der Waals surface area contributed by atoms with Gasteiger partial charge in [-0.2, -0.15) is 0 Å². The lowest BCUT2D eigenvalue weighted by molar-refractivity contribution is -0.0973. The Kier molecular flexibility index (Phi) is 5.62. The summed E-state index contributed by atoms with van der Waals surface area (Å²) in [6.45, 7) is 18.9. The maximum absolute atomic E-state index is 6.39. The highest BCUT2D eigenvalue weighted by Crippen LogP contribution is 2.47. The van der Waals surface area contributed by atoms with Crippen molar-refractivity contribution in [1.29, 1.82) is 0 Å². The third kappa shape index (κ3) is 4.97. The van der Waals surface area contributed by atoms with Crippen LogP contribution in [0.3, 0.4) is 0 Å². The molecule has 2 aliphatic heterocycles. The van der Waals surface area contributed by atoms with Crippen molar-refractivity contribution in [3.63, 3.8) is 0 Å². The molecule has 0 spiro atoms. The molecule has 0 aromatic rings. The number of hydrogen-bond acceptors (Lipinski definition) is 4. The molecule has 23 heavy (non-hydrogen) atoms. The topological polar surface area (TPSA) is 36.9 Å². The first-order valence-corrected chi connectivity index (χ1v) is 9.01. The van der Waals surface area contributed by atoms with Crippen molar-refractivity contribution in [2.24, 2.45) is 5.92 Å². The van der Waals surface area contributed by atoms with Crippen LogP contribution in [0.5, 0.6) is 0 Å². The van der Waals surface area contributed by atoms with Crippen LogP contribution in [0.2, 0.25) is 11.1 Å². The van der Waals surface area contributed by atoms with Gasteiger partial charge in [-0.3, -0.25) is 0 Å². The molecule has 0 N–H and O–H groups in total. The zero-order valence-electron chi connectivity index (χ0n) is 16.3. The molecule has 2 aliphatic rings. The van der Waals surface area contributed by atoms with Crippen LogP contribution in [0, 0.1) is 5.92 Å². The van der Waals surface area contributed by atoms with Crippen LogP contribution in [0.15, 0.2) is 0 Å². The molecule has 0 aliphatic carbocycles. The van der Waals surface area contributed by atoms with Crippen molar-refractivity contribution >= 4 is 14.2 Å². The Morgan fingerprint density at radius 2 is 1.65 bits per heavy atom. The first-order chi connectivity index (χ1) is 10.4. The second-order valence-corrected chi connectivity index (χ2v) is 9.50. The molecule has 4 nitrogen and oxygen atoms in total. The third-order valence-corrected chi connectivity index (χ3v) is 4.71. The molecule has 2 fully saturated rings. The largest absolute Gasteiger partial charge is 0.463 e. The summed E-state index contributed by atoms with van der Waals surface area (Å²) in [5.74, 6) is 0.807. The summed E-state index contributed by atoms with van der Waals surface area (Å²) < 4.78 is 24.4. The highest BCUT2D eigenvalue weighted by molar-refractivity contribution is 6.48. The first kappa shape index (κ1) is 19.3. The highest BCUT2D eigenvalue weighted by Gasteiger charge is 2.51. The SMILES string of the molecule is CC1COB(C(C)(C)CC2(C)CC(C)(C)OB(C(C)C)O2)OC1. The molecule has 132 valence electrons. The Morgan fingerprint density at radius 1 is 1.09 bits per heavy atom. The normalized spacial score (nSPS) is 30.1. The molecule has 1 atom stereocenters. The van der Waals surface area contributed by atoms with Gasteiger partial charge in [0.1, 0.15) is 0 Å². The molecular formula is C17H34B2O4. The van der Waals surface area contributed by atoms with Crippen molar-refractivity contribution in [1.82, 2.24) is 0 Å². The van der Waals surface area contributed by atoms with E-state index < -0.39 is 0 Å². The summed E-state index contributed by atoms with van der Waals surface area (Å²) in [4.78, 5) is 0. The molecule has 2 rings (SSSR count). The van der Waals surface area contributed by atoms with Gasteiger partial charge in [0.15, 0.2) is 0 Å². The van der Waals surface area contributed by atoms with Gasteiger partial charge in [0.25, 0.3) is 0 Å². The molecule has 0 bridgehead atoms. The van der Waals surface area contributed by atoms with E-state index in [4.69, 9.17) is 18.6 Å². The Hall–Kier alpha value is -0.0301. The van der Waals surface area contributed by atoms with E-state index in [2.05, 4.69) is 55.4 Å². The predicted octanol–water partition coefficient (Wildman–Crippen LogP) is 4.20. The fourth-order valence-electron chi connectivity index (χ4n) is 4.08. The highest BCUT2D eigenvalue weighted by atomic mass is 16.6. The summed E-state index contributed by atoms with van der Waals surface area (Å²) in [6.07, 6.45) is 1.75. The summed E-state index contributed by atoms with van der Waals surface area (Å²) in [5, 5.41) is -0.107. The summed E-state index contributed by atoms with van der Waals surface area (Å²) in [5.41, 5.74) is -0.420. The molecule has 2 heterocycles. The van der Waals surface area contributed by atoms with Crippen molar-refractivity contribution < 1.29 is 18.6 Å². The summed E-state index contributed by atoms with van der Waals surface area (Å²) >= 11 is 0. The Labute approximate surface area is 143 Å². The molecule has 0 aromatic carbocycles. The van der Waals surface area contributed by atoms with E-state index in [0.717, 1.165) is 26.1 Å². The molecule has 1 unspecified atom stereocenters. The van der Waals surface area contributed by atoms with E-state index in [1.807, 2.05) is 0 Å². The quantitative estimate of drug-likeness (QED) is 0.726. The maximum atomic E-state index is 6.39. The van der Waals surface area contributed by atoms with Crippen molar-refractivity contribution in [2.75, 3.05) is 13.2 Å². The van der Waals surface area contributed by atoms with Gasteiger partial charge in [-0.25, -0.2) is 0 Å². The van der Waals surface area contributed by atoms with Gasteiger partial charge in [-0.05, 0) is 38.9 Å². The summed E-state index contributed by atoms with van der Waals surface area (Å²) in [6, 6.07) is 0.